The van der Waals surface area contributed by atoms with Gasteiger partial charge < -0.3 is 9.47 Å². The normalized spacial score (nSPS) is 10.2. The summed E-state index contributed by atoms with van der Waals surface area (Å²) >= 11 is 0. The molecule has 1 aromatic carbocycles. The quantitative estimate of drug-likeness (QED) is 0.659. The number of likely N-dealkylation sites (N-methyl/N-ethyl adjacent to an activating group) is 1. The SMILES string of the molecule is C=CCN(C)CCOc1ccc(OC)cc1. The molecule has 0 atom stereocenters. The van der Waals surface area contributed by atoms with Crippen molar-refractivity contribution in [2.24, 2.45) is 0 Å². The zero-order chi connectivity index (χ0) is 11.8. The second-order valence-corrected chi connectivity index (χ2v) is 3.57. The maximum absolute atomic E-state index is 5.59. The Morgan fingerprint density at radius 3 is 2.44 bits per heavy atom. The number of hydrogen-bond acceptors (Lipinski definition) is 3. The molecule has 0 aliphatic heterocycles. The lowest BCUT2D eigenvalue weighted by Crippen LogP contribution is -2.24. The molecule has 3 nitrogen and oxygen atoms in total. The van der Waals surface area contributed by atoms with Gasteiger partial charge in [0.2, 0.25) is 0 Å². The van der Waals surface area contributed by atoms with E-state index in [1.54, 1.807) is 7.11 Å². The van der Waals surface area contributed by atoms with Gasteiger partial charge in [-0.15, -0.1) is 6.58 Å². The van der Waals surface area contributed by atoms with Crippen LogP contribution in [0.3, 0.4) is 0 Å². The molecule has 0 amide bonds. The Morgan fingerprint density at radius 2 is 1.88 bits per heavy atom. The van der Waals surface area contributed by atoms with E-state index >= 15 is 0 Å². The zero-order valence-electron chi connectivity index (χ0n) is 9.98. The van der Waals surface area contributed by atoms with Crippen molar-refractivity contribution in [2.75, 3.05) is 33.9 Å². The van der Waals surface area contributed by atoms with Crippen LogP contribution < -0.4 is 9.47 Å². The molecule has 0 heterocycles. The van der Waals surface area contributed by atoms with Crippen molar-refractivity contribution >= 4 is 0 Å². The van der Waals surface area contributed by atoms with Gasteiger partial charge >= 0.3 is 0 Å². The van der Waals surface area contributed by atoms with Gasteiger partial charge in [0.15, 0.2) is 0 Å². The molecule has 16 heavy (non-hydrogen) atoms. The monoisotopic (exact) mass is 221 g/mol. The summed E-state index contributed by atoms with van der Waals surface area (Å²) in [6, 6.07) is 7.60. The fourth-order valence-corrected chi connectivity index (χ4v) is 1.30. The fraction of sp³-hybridized carbons (Fsp3) is 0.385. The molecule has 1 rings (SSSR count). The molecule has 0 aromatic heterocycles. The Labute approximate surface area is 97.3 Å². The van der Waals surface area contributed by atoms with Gasteiger partial charge in [-0.1, -0.05) is 6.08 Å². The van der Waals surface area contributed by atoms with Gasteiger partial charge in [-0.3, -0.25) is 4.90 Å². The van der Waals surface area contributed by atoms with Crippen LogP contribution in [0.15, 0.2) is 36.9 Å². The Hall–Kier alpha value is -1.48. The number of rotatable bonds is 7. The summed E-state index contributed by atoms with van der Waals surface area (Å²) in [7, 11) is 3.69. The highest BCUT2D eigenvalue weighted by Crippen LogP contribution is 2.16. The molecule has 0 spiro atoms. The van der Waals surface area contributed by atoms with E-state index in [1.807, 2.05) is 37.4 Å². The third kappa shape index (κ3) is 4.36. The van der Waals surface area contributed by atoms with E-state index in [9.17, 15) is 0 Å². The van der Waals surface area contributed by atoms with Gasteiger partial charge in [-0.05, 0) is 31.3 Å². The average Bonchev–Trinajstić information content (AvgIpc) is 2.30. The topological polar surface area (TPSA) is 21.7 Å². The van der Waals surface area contributed by atoms with Gasteiger partial charge in [-0.2, -0.15) is 0 Å². The van der Waals surface area contributed by atoms with Crippen molar-refractivity contribution in [3.63, 3.8) is 0 Å². The summed E-state index contributed by atoms with van der Waals surface area (Å²) in [5, 5.41) is 0. The first-order chi connectivity index (χ1) is 7.76. The highest BCUT2D eigenvalue weighted by Gasteiger charge is 1.97. The van der Waals surface area contributed by atoms with Crippen LogP contribution in [0, 0.1) is 0 Å². The highest BCUT2D eigenvalue weighted by atomic mass is 16.5. The molecule has 0 radical (unpaired) electrons. The first-order valence-corrected chi connectivity index (χ1v) is 5.32. The van der Waals surface area contributed by atoms with Crippen LogP contribution in [0.25, 0.3) is 0 Å². The Morgan fingerprint density at radius 1 is 1.25 bits per heavy atom. The summed E-state index contributed by atoms with van der Waals surface area (Å²) in [5.41, 5.74) is 0. The Balaban J connectivity index is 2.28. The largest absolute Gasteiger partial charge is 0.497 e. The van der Waals surface area contributed by atoms with E-state index in [0.29, 0.717) is 6.61 Å². The van der Waals surface area contributed by atoms with Crippen molar-refractivity contribution in [2.45, 2.75) is 0 Å². The fourth-order valence-electron chi connectivity index (χ4n) is 1.30. The van der Waals surface area contributed by atoms with E-state index in [2.05, 4.69) is 11.5 Å². The highest BCUT2D eigenvalue weighted by molar-refractivity contribution is 5.31. The van der Waals surface area contributed by atoms with E-state index < -0.39 is 0 Å². The zero-order valence-corrected chi connectivity index (χ0v) is 9.98. The molecule has 0 fully saturated rings. The van der Waals surface area contributed by atoms with Gasteiger partial charge in [-0.25, -0.2) is 0 Å². The van der Waals surface area contributed by atoms with Crippen molar-refractivity contribution in [1.29, 1.82) is 0 Å². The summed E-state index contributed by atoms with van der Waals surface area (Å²) in [6.07, 6.45) is 1.88. The lowest BCUT2D eigenvalue weighted by molar-refractivity contribution is 0.249. The van der Waals surface area contributed by atoms with Crippen LogP contribution in [0.1, 0.15) is 0 Å². The molecule has 0 unspecified atom stereocenters. The smallest absolute Gasteiger partial charge is 0.119 e. The Kier molecular flexibility index (Phi) is 5.43. The van der Waals surface area contributed by atoms with E-state index in [0.717, 1.165) is 24.6 Å². The second kappa shape index (κ2) is 6.90. The van der Waals surface area contributed by atoms with Gasteiger partial charge in [0, 0.05) is 13.1 Å². The van der Waals surface area contributed by atoms with Crippen LogP contribution >= 0.6 is 0 Å². The summed E-state index contributed by atoms with van der Waals surface area (Å²) in [4.78, 5) is 2.15. The molecule has 0 aliphatic rings. The molecule has 0 saturated heterocycles. The molecule has 0 aliphatic carbocycles. The van der Waals surface area contributed by atoms with E-state index in [4.69, 9.17) is 9.47 Å². The number of benzene rings is 1. The molecule has 0 bridgehead atoms. The standard InChI is InChI=1S/C13H19NO2/c1-4-9-14(2)10-11-16-13-7-5-12(15-3)6-8-13/h4-8H,1,9-11H2,2-3H3. The van der Waals surface area contributed by atoms with Gasteiger partial charge in [0.25, 0.3) is 0 Å². The predicted molar refractivity (Wildman–Crippen MR) is 66.2 cm³/mol. The van der Waals surface area contributed by atoms with Crippen LogP contribution in [0.5, 0.6) is 11.5 Å². The molecule has 0 N–H and O–H groups in total. The number of nitrogens with zero attached hydrogens (tertiary/aromatic N) is 1. The minimum absolute atomic E-state index is 0.677. The molecule has 0 saturated carbocycles. The van der Waals surface area contributed by atoms with Crippen molar-refractivity contribution in [1.82, 2.24) is 4.90 Å². The Bertz CT molecular complexity index is 308. The van der Waals surface area contributed by atoms with Gasteiger partial charge in [0.1, 0.15) is 18.1 Å². The maximum atomic E-state index is 5.59. The first-order valence-electron chi connectivity index (χ1n) is 5.32. The minimum Gasteiger partial charge on any atom is -0.497 e. The van der Waals surface area contributed by atoms with Crippen LogP contribution in [-0.2, 0) is 0 Å². The predicted octanol–water partition coefficient (Wildman–Crippen LogP) is 2.19. The van der Waals surface area contributed by atoms with Crippen LogP contribution in [-0.4, -0.2) is 38.8 Å². The lowest BCUT2D eigenvalue weighted by Gasteiger charge is -2.14. The summed E-state index contributed by atoms with van der Waals surface area (Å²) < 4.78 is 10.7. The van der Waals surface area contributed by atoms with E-state index in [1.165, 1.54) is 0 Å². The third-order valence-corrected chi connectivity index (χ3v) is 2.24. The molecular formula is C13H19NO2. The molecular weight excluding hydrogens is 202 g/mol. The minimum atomic E-state index is 0.677. The van der Waals surface area contributed by atoms with Crippen LogP contribution in [0.4, 0.5) is 0 Å². The summed E-state index contributed by atoms with van der Waals surface area (Å²) in [5.74, 6) is 1.71. The average molecular weight is 221 g/mol. The second-order valence-electron chi connectivity index (χ2n) is 3.57. The molecule has 3 heteroatoms. The number of hydrogen-bond donors (Lipinski definition) is 0. The third-order valence-electron chi connectivity index (χ3n) is 2.24. The number of methoxy groups -OCH3 is 1. The van der Waals surface area contributed by atoms with Gasteiger partial charge in [0.05, 0.1) is 7.11 Å². The molecule has 1 aromatic rings. The molecule has 88 valence electrons. The summed E-state index contributed by atoms with van der Waals surface area (Å²) in [6.45, 7) is 6.13. The van der Waals surface area contributed by atoms with Crippen molar-refractivity contribution in [3.05, 3.63) is 36.9 Å². The van der Waals surface area contributed by atoms with Crippen molar-refractivity contribution in [3.8, 4) is 11.5 Å². The number of ether oxygens (including phenoxy) is 2. The first kappa shape index (κ1) is 12.6. The van der Waals surface area contributed by atoms with Crippen LogP contribution in [0.2, 0.25) is 0 Å². The lowest BCUT2D eigenvalue weighted by atomic mass is 10.3. The van der Waals surface area contributed by atoms with E-state index in [-0.39, 0.29) is 0 Å². The van der Waals surface area contributed by atoms with Crippen molar-refractivity contribution < 1.29 is 9.47 Å². The maximum Gasteiger partial charge on any atom is 0.119 e.